The van der Waals surface area contributed by atoms with E-state index in [4.69, 9.17) is 5.73 Å². The summed E-state index contributed by atoms with van der Waals surface area (Å²) in [5.41, 5.74) is 7.77. The molecule has 4 rings (SSSR count). The quantitative estimate of drug-likeness (QED) is 0.670. The highest BCUT2D eigenvalue weighted by Crippen LogP contribution is 2.35. The third-order valence-electron chi connectivity index (χ3n) is 4.38. The van der Waals surface area contributed by atoms with E-state index in [0.717, 1.165) is 23.8 Å². The van der Waals surface area contributed by atoms with Gasteiger partial charge < -0.3 is 16.0 Å². The Morgan fingerprint density at radius 2 is 2.12 bits per heavy atom. The molecule has 0 bridgehead atoms. The molecule has 0 spiro atoms. The number of pyridine rings is 2. The Balaban J connectivity index is 1.70. The summed E-state index contributed by atoms with van der Waals surface area (Å²) in [6.45, 7) is 0.477. The fourth-order valence-electron chi connectivity index (χ4n) is 2.72. The number of halogens is 2. The summed E-state index contributed by atoms with van der Waals surface area (Å²) in [6.07, 6.45) is 2.58. The van der Waals surface area contributed by atoms with Gasteiger partial charge in [-0.25, -0.2) is 18.7 Å². The van der Waals surface area contributed by atoms with Crippen LogP contribution in [0.1, 0.15) is 25.0 Å². The average molecular weight is 329 g/mol. The molecule has 0 saturated heterocycles. The van der Waals surface area contributed by atoms with Crippen LogP contribution < -0.4 is 11.1 Å². The molecule has 4 N–H and O–H groups in total. The lowest BCUT2D eigenvalue weighted by molar-refractivity contribution is 0.147. The van der Waals surface area contributed by atoms with Gasteiger partial charge in [0, 0.05) is 35.4 Å². The third-order valence-corrected chi connectivity index (χ3v) is 4.38. The number of rotatable bonds is 5. The van der Waals surface area contributed by atoms with Crippen molar-refractivity contribution >= 4 is 16.7 Å². The fourth-order valence-corrected chi connectivity index (χ4v) is 2.72. The number of hydrogen-bond donors (Lipinski definition) is 3. The molecule has 0 radical (unpaired) electrons. The molecule has 24 heavy (non-hydrogen) atoms. The lowest BCUT2D eigenvalue weighted by Gasteiger charge is -2.15. The Morgan fingerprint density at radius 3 is 2.88 bits per heavy atom. The lowest BCUT2D eigenvalue weighted by atomic mass is 10.1. The molecule has 3 aromatic heterocycles. The lowest BCUT2D eigenvalue weighted by Crippen LogP contribution is -2.31. The Kier molecular flexibility index (Phi) is 3.45. The van der Waals surface area contributed by atoms with Gasteiger partial charge in [-0.1, -0.05) is 0 Å². The topological polar surface area (TPSA) is 79.6 Å². The first-order chi connectivity index (χ1) is 11.6. The van der Waals surface area contributed by atoms with Crippen molar-refractivity contribution in [2.24, 2.45) is 5.73 Å². The number of H-pyrrole nitrogens is 1. The van der Waals surface area contributed by atoms with Gasteiger partial charge in [0.1, 0.15) is 11.3 Å². The zero-order valence-corrected chi connectivity index (χ0v) is 12.9. The summed E-state index contributed by atoms with van der Waals surface area (Å²) in [4.78, 5) is 11.4. The minimum atomic E-state index is -2.66. The number of anilines is 1. The fraction of sp³-hybridized carbons (Fsp3) is 0.294. The van der Waals surface area contributed by atoms with Crippen molar-refractivity contribution in [1.82, 2.24) is 15.0 Å². The van der Waals surface area contributed by atoms with Gasteiger partial charge in [0.25, 0.3) is 6.43 Å². The molecule has 1 fully saturated rings. The molecule has 5 nitrogen and oxygen atoms in total. The highest BCUT2D eigenvalue weighted by atomic mass is 19.3. The summed E-state index contributed by atoms with van der Waals surface area (Å²) >= 11 is 0. The Labute approximate surface area is 137 Å². The molecule has 0 aromatic carbocycles. The molecule has 0 unspecified atom stereocenters. The second-order valence-corrected chi connectivity index (χ2v) is 6.25. The van der Waals surface area contributed by atoms with E-state index in [1.807, 2.05) is 6.07 Å². The largest absolute Gasteiger partial charge is 0.382 e. The van der Waals surface area contributed by atoms with Crippen LogP contribution in [0.4, 0.5) is 14.5 Å². The van der Waals surface area contributed by atoms with E-state index < -0.39 is 6.43 Å². The number of nitrogens with one attached hydrogen (secondary N) is 2. The van der Waals surface area contributed by atoms with Crippen LogP contribution in [0.5, 0.6) is 0 Å². The zero-order valence-electron chi connectivity index (χ0n) is 12.9. The van der Waals surface area contributed by atoms with Crippen molar-refractivity contribution in [3.05, 3.63) is 42.4 Å². The molecule has 0 atom stereocenters. The number of aromatic nitrogens is 3. The summed E-state index contributed by atoms with van der Waals surface area (Å²) in [7, 11) is 0. The second-order valence-electron chi connectivity index (χ2n) is 6.25. The molecular formula is C17H17F2N5. The van der Waals surface area contributed by atoms with Crippen LogP contribution in [-0.2, 0) is 0 Å². The SMILES string of the molecule is NC1(CNc2ccc(-c3c[nH]c4ncccc34)nc2C(F)F)CC1. The molecule has 0 aliphatic heterocycles. The molecule has 0 amide bonds. The van der Waals surface area contributed by atoms with Crippen molar-refractivity contribution in [2.45, 2.75) is 24.8 Å². The van der Waals surface area contributed by atoms with Crippen molar-refractivity contribution in [3.8, 4) is 11.3 Å². The van der Waals surface area contributed by atoms with Crippen LogP contribution in [0.3, 0.4) is 0 Å². The molecule has 1 aliphatic carbocycles. The van der Waals surface area contributed by atoms with Crippen molar-refractivity contribution in [1.29, 1.82) is 0 Å². The minimum absolute atomic E-state index is 0.255. The van der Waals surface area contributed by atoms with Crippen molar-refractivity contribution in [2.75, 3.05) is 11.9 Å². The number of alkyl halides is 2. The van der Waals surface area contributed by atoms with E-state index in [0.29, 0.717) is 23.6 Å². The third kappa shape index (κ3) is 2.71. The molecule has 3 aromatic rings. The first kappa shape index (κ1) is 15.0. The normalized spacial score (nSPS) is 15.8. The second kappa shape index (κ2) is 5.52. The summed E-state index contributed by atoms with van der Waals surface area (Å²) in [5, 5.41) is 3.87. The molecule has 7 heteroatoms. The van der Waals surface area contributed by atoms with Gasteiger partial charge in [-0.05, 0) is 37.1 Å². The number of hydrogen-bond acceptors (Lipinski definition) is 4. The van der Waals surface area contributed by atoms with Gasteiger partial charge in [0.15, 0.2) is 0 Å². The van der Waals surface area contributed by atoms with Crippen LogP contribution in [0.25, 0.3) is 22.3 Å². The maximum absolute atomic E-state index is 13.4. The van der Waals surface area contributed by atoms with E-state index in [-0.39, 0.29) is 11.2 Å². The summed E-state index contributed by atoms with van der Waals surface area (Å²) in [6, 6.07) is 7.07. The monoisotopic (exact) mass is 329 g/mol. The van der Waals surface area contributed by atoms with Crippen LogP contribution in [0, 0.1) is 0 Å². The standard InChI is InChI=1S/C17H17F2N5/c18-15(19)14-13(23-9-17(20)5-6-17)4-3-12(24-14)11-8-22-16-10(11)2-1-7-21-16/h1-4,7-8,15,23H,5-6,9,20H2,(H,21,22). The molecule has 1 saturated carbocycles. The van der Waals surface area contributed by atoms with Gasteiger partial charge in [0.2, 0.25) is 0 Å². The predicted octanol–water partition coefficient (Wildman–Crippen LogP) is 3.47. The Bertz CT molecular complexity index is 886. The molecule has 124 valence electrons. The Hall–Kier alpha value is -2.54. The van der Waals surface area contributed by atoms with Gasteiger partial charge in [0.05, 0.1) is 11.4 Å². The number of aromatic amines is 1. The van der Waals surface area contributed by atoms with Crippen LogP contribution in [0.2, 0.25) is 0 Å². The maximum Gasteiger partial charge on any atom is 0.282 e. The van der Waals surface area contributed by atoms with Gasteiger partial charge in [-0.2, -0.15) is 0 Å². The molecule has 3 heterocycles. The highest BCUT2D eigenvalue weighted by Gasteiger charge is 2.38. The van der Waals surface area contributed by atoms with Gasteiger partial charge >= 0.3 is 0 Å². The number of fused-ring (bicyclic) bond motifs is 1. The minimum Gasteiger partial charge on any atom is -0.382 e. The van der Waals surface area contributed by atoms with Crippen LogP contribution in [-0.4, -0.2) is 27.0 Å². The zero-order chi connectivity index (χ0) is 16.7. The van der Waals surface area contributed by atoms with Crippen molar-refractivity contribution in [3.63, 3.8) is 0 Å². The van der Waals surface area contributed by atoms with Crippen LogP contribution in [0.15, 0.2) is 36.7 Å². The number of nitrogens with two attached hydrogens (primary N) is 1. The maximum atomic E-state index is 13.4. The first-order valence-electron chi connectivity index (χ1n) is 7.80. The molecular weight excluding hydrogens is 312 g/mol. The van der Waals surface area contributed by atoms with E-state index in [9.17, 15) is 8.78 Å². The van der Waals surface area contributed by atoms with E-state index in [1.54, 1.807) is 30.6 Å². The molecule has 1 aliphatic rings. The summed E-state index contributed by atoms with van der Waals surface area (Å²) < 4.78 is 26.9. The highest BCUT2D eigenvalue weighted by molar-refractivity contribution is 5.92. The predicted molar refractivity (Wildman–Crippen MR) is 88.9 cm³/mol. The Morgan fingerprint density at radius 1 is 1.29 bits per heavy atom. The first-order valence-corrected chi connectivity index (χ1v) is 7.80. The smallest absolute Gasteiger partial charge is 0.282 e. The number of nitrogens with zero attached hydrogens (tertiary/aromatic N) is 2. The van der Waals surface area contributed by atoms with Gasteiger partial charge in [-0.15, -0.1) is 0 Å². The van der Waals surface area contributed by atoms with Crippen LogP contribution >= 0.6 is 0 Å². The van der Waals surface area contributed by atoms with E-state index in [1.165, 1.54) is 0 Å². The summed E-state index contributed by atoms with van der Waals surface area (Å²) in [5.74, 6) is 0. The van der Waals surface area contributed by atoms with Crippen molar-refractivity contribution < 1.29 is 8.78 Å². The van der Waals surface area contributed by atoms with Gasteiger partial charge in [-0.3, -0.25) is 0 Å². The van der Waals surface area contributed by atoms with E-state index in [2.05, 4.69) is 20.3 Å². The van der Waals surface area contributed by atoms with E-state index >= 15 is 0 Å². The average Bonchev–Trinajstić information content (AvgIpc) is 3.17.